The van der Waals surface area contributed by atoms with Crippen molar-refractivity contribution in [3.05, 3.63) is 56.7 Å². The second kappa shape index (κ2) is 9.54. The first-order valence-corrected chi connectivity index (χ1v) is 10.6. The largest absolute Gasteiger partial charge is 0.352 e. The van der Waals surface area contributed by atoms with E-state index < -0.39 is 0 Å². The minimum absolute atomic E-state index is 0.0842. The Morgan fingerprint density at radius 1 is 1.23 bits per heavy atom. The second-order valence-corrected chi connectivity index (χ2v) is 9.08. The molecular weight excluding hydrogens is 364 g/mol. The Morgan fingerprint density at radius 2 is 2.00 bits per heavy atom. The lowest BCUT2D eigenvalue weighted by atomic mass is 9.99. The van der Waals surface area contributed by atoms with Gasteiger partial charge < -0.3 is 5.32 Å². The van der Waals surface area contributed by atoms with Crippen molar-refractivity contribution in [3.63, 3.8) is 0 Å². The molecule has 140 valence electrons. The van der Waals surface area contributed by atoms with Gasteiger partial charge in [-0.25, -0.2) is 0 Å². The van der Waals surface area contributed by atoms with Crippen LogP contribution in [-0.2, 0) is 24.3 Å². The number of nitrogens with one attached hydrogen (secondary N) is 1. The Bertz CT molecular complexity index is 713. The number of hydrogen-bond acceptors (Lipinski definition) is 3. The van der Waals surface area contributed by atoms with Crippen LogP contribution in [0.3, 0.4) is 0 Å². The van der Waals surface area contributed by atoms with E-state index in [0.717, 1.165) is 33.7 Å². The normalized spacial score (nSPS) is 18.0. The lowest BCUT2D eigenvalue weighted by molar-refractivity contribution is -0.121. The maximum absolute atomic E-state index is 12.0. The monoisotopic (exact) mass is 390 g/mol. The van der Waals surface area contributed by atoms with Crippen LogP contribution in [0, 0.1) is 5.92 Å². The number of carbonyl (C=O) groups excluding carboxylic acids is 1. The van der Waals surface area contributed by atoms with Crippen LogP contribution in [-0.4, -0.2) is 23.9 Å². The molecule has 1 aromatic heterocycles. The van der Waals surface area contributed by atoms with E-state index in [-0.39, 0.29) is 5.91 Å². The van der Waals surface area contributed by atoms with Gasteiger partial charge in [-0.2, -0.15) is 0 Å². The summed E-state index contributed by atoms with van der Waals surface area (Å²) in [7, 11) is 0. The van der Waals surface area contributed by atoms with Crippen LogP contribution in [0.15, 0.2) is 36.4 Å². The summed E-state index contributed by atoms with van der Waals surface area (Å²) in [5.41, 5.74) is 2.50. The van der Waals surface area contributed by atoms with Crippen LogP contribution in [0.1, 0.15) is 42.2 Å². The standard InChI is InChI=1S/C21H27ClN2OS/c1-16-3-2-12-24(14-16)15-18-6-4-17(5-7-18)13-23-21(25)11-9-19-8-10-20(22)26-19/h4-8,10,16H,2-3,9,11-15H2,1H3,(H,23,25). The molecule has 1 aliphatic rings. The van der Waals surface area contributed by atoms with Gasteiger partial charge in [0.25, 0.3) is 0 Å². The molecule has 3 rings (SSSR count). The quantitative estimate of drug-likeness (QED) is 0.730. The number of thiophene rings is 1. The molecular formula is C21H27ClN2OS. The highest BCUT2D eigenvalue weighted by molar-refractivity contribution is 7.16. The first-order chi connectivity index (χ1) is 12.6. The average Bonchev–Trinajstić information content (AvgIpc) is 3.05. The van der Waals surface area contributed by atoms with Gasteiger partial charge in [0.15, 0.2) is 0 Å². The van der Waals surface area contributed by atoms with Gasteiger partial charge in [0, 0.05) is 30.9 Å². The number of hydrogen-bond donors (Lipinski definition) is 1. The highest BCUT2D eigenvalue weighted by atomic mass is 35.5. The fourth-order valence-electron chi connectivity index (χ4n) is 3.46. The smallest absolute Gasteiger partial charge is 0.220 e. The molecule has 2 heterocycles. The van der Waals surface area contributed by atoms with Gasteiger partial charge in [-0.1, -0.05) is 42.8 Å². The number of piperidine rings is 1. The van der Waals surface area contributed by atoms with Gasteiger partial charge in [0.2, 0.25) is 5.91 Å². The fraction of sp³-hybridized carbons (Fsp3) is 0.476. The van der Waals surface area contributed by atoms with Crippen molar-refractivity contribution in [1.82, 2.24) is 10.2 Å². The number of halogens is 1. The zero-order valence-corrected chi connectivity index (χ0v) is 16.9. The van der Waals surface area contributed by atoms with E-state index in [0.29, 0.717) is 13.0 Å². The molecule has 1 saturated heterocycles. The Kier molecular flexibility index (Phi) is 7.12. The zero-order chi connectivity index (χ0) is 18.4. The molecule has 0 radical (unpaired) electrons. The van der Waals surface area contributed by atoms with Crippen molar-refractivity contribution < 1.29 is 4.79 Å². The molecule has 0 bridgehead atoms. The van der Waals surface area contributed by atoms with Gasteiger partial charge in [-0.15, -0.1) is 11.3 Å². The number of nitrogens with zero attached hydrogens (tertiary/aromatic N) is 1. The Morgan fingerprint density at radius 3 is 2.69 bits per heavy atom. The zero-order valence-electron chi connectivity index (χ0n) is 15.3. The molecule has 1 N–H and O–H groups in total. The van der Waals surface area contributed by atoms with Gasteiger partial charge in [-0.3, -0.25) is 9.69 Å². The number of likely N-dealkylation sites (tertiary alicyclic amines) is 1. The summed E-state index contributed by atoms with van der Waals surface area (Å²) in [6, 6.07) is 12.5. The van der Waals surface area contributed by atoms with E-state index in [4.69, 9.17) is 11.6 Å². The third-order valence-electron chi connectivity index (χ3n) is 4.89. The molecule has 1 amide bonds. The number of rotatable bonds is 7. The van der Waals surface area contributed by atoms with Crippen molar-refractivity contribution in [2.24, 2.45) is 5.92 Å². The molecule has 0 saturated carbocycles. The van der Waals surface area contributed by atoms with Gasteiger partial charge in [0.1, 0.15) is 0 Å². The van der Waals surface area contributed by atoms with Crippen LogP contribution in [0.25, 0.3) is 0 Å². The molecule has 1 unspecified atom stereocenters. The minimum Gasteiger partial charge on any atom is -0.352 e. The summed E-state index contributed by atoms with van der Waals surface area (Å²) in [5, 5.41) is 3.00. The van der Waals surface area contributed by atoms with Gasteiger partial charge >= 0.3 is 0 Å². The molecule has 26 heavy (non-hydrogen) atoms. The van der Waals surface area contributed by atoms with E-state index in [1.807, 2.05) is 12.1 Å². The van der Waals surface area contributed by atoms with E-state index in [1.54, 1.807) is 11.3 Å². The highest BCUT2D eigenvalue weighted by Gasteiger charge is 2.16. The van der Waals surface area contributed by atoms with Crippen molar-refractivity contribution in [2.45, 2.75) is 45.7 Å². The lowest BCUT2D eigenvalue weighted by Crippen LogP contribution is -2.33. The minimum atomic E-state index is 0.0842. The lowest BCUT2D eigenvalue weighted by Gasteiger charge is -2.30. The van der Waals surface area contributed by atoms with Crippen LogP contribution < -0.4 is 5.32 Å². The van der Waals surface area contributed by atoms with E-state index >= 15 is 0 Å². The molecule has 5 heteroatoms. The molecule has 1 aliphatic heterocycles. The first kappa shape index (κ1) is 19.4. The van der Waals surface area contributed by atoms with Crippen molar-refractivity contribution in [1.29, 1.82) is 0 Å². The molecule has 0 aliphatic carbocycles. The molecule has 1 atom stereocenters. The SMILES string of the molecule is CC1CCCN(Cc2ccc(CNC(=O)CCc3ccc(Cl)s3)cc2)C1. The summed E-state index contributed by atoms with van der Waals surface area (Å²) in [4.78, 5) is 15.7. The van der Waals surface area contributed by atoms with Crippen molar-refractivity contribution in [3.8, 4) is 0 Å². The van der Waals surface area contributed by atoms with E-state index in [2.05, 4.69) is 41.4 Å². The number of aryl methyl sites for hydroxylation is 1. The average molecular weight is 391 g/mol. The molecule has 1 aromatic carbocycles. The van der Waals surface area contributed by atoms with E-state index in [1.165, 1.54) is 31.5 Å². The number of carbonyl (C=O) groups is 1. The highest BCUT2D eigenvalue weighted by Crippen LogP contribution is 2.22. The van der Waals surface area contributed by atoms with Crippen molar-refractivity contribution in [2.75, 3.05) is 13.1 Å². The predicted molar refractivity (Wildman–Crippen MR) is 110 cm³/mol. The number of benzene rings is 1. The van der Waals surface area contributed by atoms with Crippen LogP contribution >= 0.6 is 22.9 Å². The maximum Gasteiger partial charge on any atom is 0.220 e. The number of amides is 1. The third kappa shape index (κ3) is 6.11. The van der Waals surface area contributed by atoms with Crippen LogP contribution in [0.2, 0.25) is 4.34 Å². The predicted octanol–water partition coefficient (Wildman–Crippen LogP) is 4.88. The van der Waals surface area contributed by atoms with Crippen molar-refractivity contribution >= 4 is 28.8 Å². The third-order valence-corrected chi connectivity index (χ3v) is 6.18. The van der Waals surface area contributed by atoms with Gasteiger partial charge in [0.05, 0.1) is 4.34 Å². The Labute approximate surface area is 165 Å². The molecule has 0 spiro atoms. The molecule has 3 nitrogen and oxygen atoms in total. The summed E-state index contributed by atoms with van der Waals surface area (Å²) in [6.45, 7) is 6.36. The molecule has 2 aromatic rings. The summed E-state index contributed by atoms with van der Waals surface area (Å²) >= 11 is 7.45. The fourth-order valence-corrected chi connectivity index (χ4v) is 4.55. The first-order valence-electron chi connectivity index (χ1n) is 9.39. The van der Waals surface area contributed by atoms with Crippen LogP contribution in [0.5, 0.6) is 0 Å². The molecule has 1 fully saturated rings. The van der Waals surface area contributed by atoms with Gasteiger partial charge in [-0.05, 0) is 55.0 Å². The van der Waals surface area contributed by atoms with Crippen LogP contribution in [0.4, 0.5) is 0 Å². The summed E-state index contributed by atoms with van der Waals surface area (Å²) < 4.78 is 0.777. The second-order valence-electron chi connectivity index (χ2n) is 7.28. The Balaban J connectivity index is 1.40. The summed E-state index contributed by atoms with van der Waals surface area (Å²) in [5.74, 6) is 0.893. The Hall–Kier alpha value is -1.36. The van der Waals surface area contributed by atoms with E-state index in [9.17, 15) is 4.79 Å². The maximum atomic E-state index is 12.0. The topological polar surface area (TPSA) is 32.3 Å². The summed E-state index contributed by atoms with van der Waals surface area (Å²) in [6.07, 6.45) is 3.91.